The van der Waals surface area contributed by atoms with Gasteiger partial charge in [-0.3, -0.25) is 4.68 Å². The molecule has 0 spiro atoms. The highest BCUT2D eigenvalue weighted by Gasteiger charge is 2.21. The van der Waals surface area contributed by atoms with Crippen LogP contribution in [0.25, 0.3) is 0 Å². The molecule has 0 bridgehead atoms. The lowest BCUT2D eigenvalue weighted by molar-refractivity contribution is 0.200. The second-order valence-electron chi connectivity index (χ2n) is 5.08. The van der Waals surface area contributed by atoms with Gasteiger partial charge in [-0.05, 0) is 31.8 Å². The van der Waals surface area contributed by atoms with Crippen molar-refractivity contribution in [3.63, 3.8) is 0 Å². The van der Waals surface area contributed by atoms with Crippen LogP contribution in [0.1, 0.15) is 17.4 Å². The molecule has 114 valence electrons. The first kappa shape index (κ1) is 16.0. The molecule has 0 aliphatic carbocycles. The second kappa shape index (κ2) is 7.06. The van der Waals surface area contributed by atoms with E-state index in [0.717, 1.165) is 16.6 Å². The van der Waals surface area contributed by atoms with Gasteiger partial charge in [-0.25, -0.2) is 0 Å². The molecule has 1 unspecified atom stereocenters. The molecule has 1 atom stereocenters. The summed E-state index contributed by atoms with van der Waals surface area (Å²) in [6.45, 7) is 1.53. The Morgan fingerprint density at radius 1 is 1.33 bits per heavy atom. The third kappa shape index (κ3) is 3.84. The van der Waals surface area contributed by atoms with E-state index in [0.29, 0.717) is 18.0 Å². The summed E-state index contributed by atoms with van der Waals surface area (Å²) >= 11 is 3.40. The summed E-state index contributed by atoms with van der Waals surface area (Å²) in [6, 6.07) is 7.59. The van der Waals surface area contributed by atoms with Crippen LogP contribution in [0.15, 0.2) is 34.9 Å². The number of ether oxygens (including phenoxy) is 1. The fourth-order valence-electron chi connectivity index (χ4n) is 2.09. The van der Waals surface area contributed by atoms with E-state index < -0.39 is 6.10 Å². The Bertz CT molecular complexity index is 581. The maximum atomic E-state index is 10.7. The Balaban J connectivity index is 2.31. The Morgan fingerprint density at radius 3 is 2.57 bits per heavy atom. The van der Waals surface area contributed by atoms with E-state index in [9.17, 15) is 5.11 Å². The molecule has 1 heterocycles. The number of aliphatic hydroxyl groups excluding tert-OH is 1. The van der Waals surface area contributed by atoms with Crippen LogP contribution in [0.2, 0.25) is 0 Å². The number of rotatable bonds is 6. The zero-order chi connectivity index (χ0) is 15.4. The van der Waals surface area contributed by atoms with E-state index in [1.54, 1.807) is 18.0 Å². The maximum Gasteiger partial charge on any atom is 0.163 e. The van der Waals surface area contributed by atoms with Crippen LogP contribution in [0.5, 0.6) is 5.75 Å². The molecule has 0 amide bonds. The summed E-state index contributed by atoms with van der Waals surface area (Å²) in [5.74, 6) is 0.601. The number of aromatic nitrogens is 2. The van der Waals surface area contributed by atoms with Crippen LogP contribution in [0.3, 0.4) is 0 Å². The SMILES string of the molecule is COc1cnn(CCN(C)C)c1C(O)c1ccc(Br)cc1. The number of aliphatic hydroxyl groups is 1. The van der Waals surface area contributed by atoms with Crippen LogP contribution < -0.4 is 4.74 Å². The molecule has 2 rings (SSSR count). The molecule has 0 aliphatic heterocycles. The summed E-state index contributed by atoms with van der Waals surface area (Å²) in [7, 11) is 5.60. The van der Waals surface area contributed by atoms with Crippen molar-refractivity contribution in [2.45, 2.75) is 12.6 Å². The minimum absolute atomic E-state index is 0.601. The van der Waals surface area contributed by atoms with Crippen LogP contribution in [0.4, 0.5) is 0 Å². The van der Waals surface area contributed by atoms with Gasteiger partial charge in [0.25, 0.3) is 0 Å². The smallest absolute Gasteiger partial charge is 0.163 e. The number of hydrogen-bond acceptors (Lipinski definition) is 4. The molecule has 21 heavy (non-hydrogen) atoms. The van der Waals surface area contributed by atoms with Crippen molar-refractivity contribution in [3.8, 4) is 5.75 Å². The van der Waals surface area contributed by atoms with E-state index in [1.807, 2.05) is 38.4 Å². The first-order valence-corrected chi connectivity index (χ1v) is 7.50. The molecule has 0 fully saturated rings. The topological polar surface area (TPSA) is 50.5 Å². The monoisotopic (exact) mass is 353 g/mol. The molecule has 1 aromatic heterocycles. The van der Waals surface area contributed by atoms with Gasteiger partial charge in [-0.1, -0.05) is 28.1 Å². The summed E-state index contributed by atoms with van der Waals surface area (Å²) in [5.41, 5.74) is 1.49. The summed E-state index contributed by atoms with van der Waals surface area (Å²) in [4.78, 5) is 2.07. The maximum absolute atomic E-state index is 10.7. The lowest BCUT2D eigenvalue weighted by Gasteiger charge is -2.17. The van der Waals surface area contributed by atoms with Gasteiger partial charge in [0.15, 0.2) is 5.75 Å². The van der Waals surface area contributed by atoms with Gasteiger partial charge >= 0.3 is 0 Å². The second-order valence-corrected chi connectivity index (χ2v) is 5.99. The predicted octanol–water partition coefficient (Wildman–Crippen LogP) is 2.30. The van der Waals surface area contributed by atoms with E-state index in [4.69, 9.17) is 4.74 Å². The van der Waals surface area contributed by atoms with E-state index in [1.165, 1.54) is 0 Å². The fraction of sp³-hybridized carbons (Fsp3) is 0.400. The first-order valence-electron chi connectivity index (χ1n) is 6.71. The van der Waals surface area contributed by atoms with Crippen molar-refractivity contribution in [1.29, 1.82) is 0 Å². The minimum atomic E-state index is -0.766. The van der Waals surface area contributed by atoms with Gasteiger partial charge < -0.3 is 14.7 Å². The van der Waals surface area contributed by atoms with Crippen molar-refractivity contribution in [2.75, 3.05) is 27.7 Å². The number of hydrogen-bond donors (Lipinski definition) is 1. The molecular formula is C15H20BrN3O2. The quantitative estimate of drug-likeness (QED) is 0.865. The largest absolute Gasteiger partial charge is 0.493 e. The standard InChI is InChI=1S/C15H20BrN3O2/c1-18(2)8-9-19-14(13(21-3)10-17-19)15(20)11-4-6-12(16)7-5-11/h4-7,10,15,20H,8-9H2,1-3H3. The Morgan fingerprint density at radius 2 is 2.00 bits per heavy atom. The van der Waals surface area contributed by atoms with Gasteiger partial charge in [0.2, 0.25) is 0 Å². The molecular weight excluding hydrogens is 334 g/mol. The molecule has 2 aromatic rings. The van der Waals surface area contributed by atoms with Crippen molar-refractivity contribution in [3.05, 3.63) is 46.2 Å². The highest BCUT2D eigenvalue weighted by molar-refractivity contribution is 9.10. The highest BCUT2D eigenvalue weighted by Crippen LogP contribution is 2.30. The van der Waals surface area contributed by atoms with Crippen LogP contribution in [-0.2, 0) is 6.54 Å². The minimum Gasteiger partial charge on any atom is -0.493 e. The van der Waals surface area contributed by atoms with E-state index >= 15 is 0 Å². The number of benzene rings is 1. The number of halogens is 1. The van der Waals surface area contributed by atoms with Gasteiger partial charge in [0.1, 0.15) is 11.8 Å². The molecule has 0 saturated heterocycles. The Labute approximate surface area is 133 Å². The zero-order valence-corrected chi connectivity index (χ0v) is 14.0. The molecule has 0 aliphatic rings. The van der Waals surface area contributed by atoms with Crippen molar-refractivity contribution < 1.29 is 9.84 Å². The lowest BCUT2D eigenvalue weighted by atomic mass is 10.1. The molecule has 1 N–H and O–H groups in total. The Kier molecular flexibility index (Phi) is 5.39. The summed E-state index contributed by atoms with van der Waals surface area (Å²) in [6.07, 6.45) is 0.880. The lowest BCUT2D eigenvalue weighted by Crippen LogP contribution is -2.21. The average Bonchev–Trinajstić information content (AvgIpc) is 2.88. The first-order chi connectivity index (χ1) is 10.0. The number of nitrogens with zero attached hydrogens (tertiary/aromatic N) is 3. The normalized spacial score (nSPS) is 12.7. The third-order valence-corrected chi connectivity index (χ3v) is 3.80. The Hall–Kier alpha value is -1.37. The van der Waals surface area contributed by atoms with Gasteiger partial charge in [-0.15, -0.1) is 0 Å². The van der Waals surface area contributed by atoms with E-state index in [-0.39, 0.29) is 0 Å². The van der Waals surface area contributed by atoms with Gasteiger partial charge in [0.05, 0.1) is 19.9 Å². The average molecular weight is 354 g/mol. The number of methoxy groups -OCH3 is 1. The molecule has 5 nitrogen and oxygen atoms in total. The zero-order valence-electron chi connectivity index (χ0n) is 12.5. The van der Waals surface area contributed by atoms with Crippen LogP contribution in [0, 0.1) is 0 Å². The van der Waals surface area contributed by atoms with Crippen LogP contribution in [-0.4, -0.2) is 47.5 Å². The van der Waals surface area contributed by atoms with Crippen molar-refractivity contribution >= 4 is 15.9 Å². The summed E-state index contributed by atoms with van der Waals surface area (Å²) in [5, 5.41) is 15.0. The third-order valence-electron chi connectivity index (χ3n) is 3.27. The van der Waals surface area contributed by atoms with Crippen molar-refractivity contribution in [1.82, 2.24) is 14.7 Å². The highest BCUT2D eigenvalue weighted by atomic mass is 79.9. The number of likely N-dealkylation sites (N-methyl/N-ethyl adjacent to an activating group) is 1. The van der Waals surface area contributed by atoms with Crippen LogP contribution >= 0.6 is 15.9 Å². The van der Waals surface area contributed by atoms with Gasteiger partial charge in [-0.2, -0.15) is 5.10 Å². The molecule has 1 aromatic carbocycles. The van der Waals surface area contributed by atoms with Gasteiger partial charge in [0, 0.05) is 11.0 Å². The van der Waals surface area contributed by atoms with Crippen molar-refractivity contribution in [2.24, 2.45) is 0 Å². The summed E-state index contributed by atoms with van der Waals surface area (Å²) < 4.78 is 8.11. The molecule has 0 radical (unpaired) electrons. The molecule has 0 saturated carbocycles. The van der Waals surface area contributed by atoms with E-state index in [2.05, 4.69) is 25.9 Å². The molecule has 6 heteroatoms. The predicted molar refractivity (Wildman–Crippen MR) is 85.5 cm³/mol. The fourth-order valence-corrected chi connectivity index (χ4v) is 2.35.